The second-order valence-electron chi connectivity index (χ2n) is 11.8. The molecule has 47 heavy (non-hydrogen) atoms. The molecule has 0 aliphatic heterocycles. The van der Waals surface area contributed by atoms with Crippen LogP contribution in [0.2, 0.25) is 0 Å². The molecule has 0 saturated carbocycles. The number of carbonyl (C=O) groups is 2. The summed E-state index contributed by atoms with van der Waals surface area (Å²) in [6.45, 7) is 7.72. The number of ether oxygens (including phenoxy) is 1. The van der Waals surface area contributed by atoms with Gasteiger partial charge >= 0.3 is 0 Å². The second kappa shape index (κ2) is 16.3. The van der Waals surface area contributed by atoms with Crippen molar-refractivity contribution in [3.8, 4) is 5.75 Å². The summed E-state index contributed by atoms with van der Waals surface area (Å²) >= 11 is 0. The summed E-state index contributed by atoms with van der Waals surface area (Å²) in [5.74, 6) is -0.185. The molecule has 8 nitrogen and oxygen atoms in total. The standard InChI is InChI=1S/C38H45N3O5S/c1-6-7-23-39-38(43)36(25-31-14-9-8-10-15-31)40(26-32-16-12-17-33(24-32)46-5)37(42)27-41(35-18-11-13-29(3)30(35)4)47(44,45)34-21-19-28(2)20-22-34/h8-22,24,36H,6-7,23,25-27H2,1-5H3,(H,39,43)/t36-/m1/s1. The van der Waals surface area contributed by atoms with E-state index in [1.54, 1.807) is 43.5 Å². The topological polar surface area (TPSA) is 96.0 Å². The maximum Gasteiger partial charge on any atom is 0.264 e. The summed E-state index contributed by atoms with van der Waals surface area (Å²) in [6.07, 6.45) is 1.95. The van der Waals surface area contributed by atoms with Crippen LogP contribution in [0.3, 0.4) is 0 Å². The van der Waals surface area contributed by atoms with Crippen molar-refractivity contribution < 1.29 is 22.7 Å². The van der Waals surface area contributed by atoms with E-state index in [0.717, 1.165) is 40.7 Å². The van der Waals surface area contributed by atoms with Gasteiger partial charge in [0, 0.05) is 19.5 Å². The van der Waals surface area contributed by atoms with Crippen molar-refractivity contribution in [2.45, 2.75) is 64.4 Å². The number of unbranched alkanes of at least 4 members (excludes halogenated alkanes) is 1. The fourth-order valence-electron chi connectivity index (χ4n) is 5.38. The first-order chi connectivity index (χ1) is 22.5. The largest absolute Gasteiger partial charge is 0.497 e. The number of hydrogen-bond acceptors (Lipinski definition) is 5. The van der Waals surface area contributed by atoms with Crippen molar-refractivity contribution >= 4 is 27.5 Å². The number of nitrogens with one attached hydrogen (secondary N) is 1. The molecule has 4 aromatic carbocycles. The van der Waals surface area contributed by atoms with E-state index < -0.39 is 28.5 Å². The zero-order chi connectivity index (χ0) is 34.0. The van der Waals surface area contributed by atoms with Crippen LogP contribution >= 0.6 is 0 Å². The van der Waals surface area contributed by atoms with E-state index in [2.05, 4.69) is 5.32 Å². The van der Waals surface area contributed by atoms with Crippen molar-refractivity contribution in [1.29, 1.82) is 0 Å². The maximum absolute atomic E-state index is 14.7. The Labute approximate surface area is 279 Å². The average Bonchev–Trinajstić information content (AvgIpc) is 3.07. The summed E-state index contributed by atoms with van der Waals surface area (Å²) in [6, 6.07) is 27.9. The van der Waals surface area contributed by atoms with Crippen LogP contribution < -0.4 is 14.4 Å². The lowest BCUT2D eigenvalue weighted by molar-refractivity contribution is -0.140. The van der Waals surface area contributed by atoms with Crippen LogP contribution in [-0.4, -0.2) is 51.4 Å². The van der Waals surface area contributed by atoms with Gasteiger partial charge in [-0.25, -0.2) is 8.42 Å². The quantitative estimate of drug-likeness (QED) is 0.150. The molecule has 9 heteroatoms. The van der Waals surface area contributed by atoms with Gasteiger partial charge in [-0.1, -0.05) is 85.6 Å². The zero-order valence-corrected chi connectivity index (χ0v) is 28.7. The Morgan fingerprint density at radius 2 is 1.53 bits per heavy atom. The lowest BCUT2D eigenvalue weighted by Gasteiger charge is -2.34. The molecule has 2 amide bonds. The van der Waals surface area contributed by atoms with E-state index >= 15 is 0 Å². The van der Waals surface area contributed by atoms with Crippen LogP contribution in [0.15, 0.2) is 102 Å². The van der Waals surface area contributed by atoms with Gasteiger partial charge in [0.1, 0.15) is 18.3 Å². The van der Waals surface area contributed by atoms with Crippen LogP contribution in [0.4, 0.5) is 5.69 Å². The van der Waals surface area contributed by atoms with Crippen LogP contribution in [0.25, 0.3) is 0 Å². The Bertz CT molecular complexity index is 1760. The highest BCUT2D eigenvalue weighted by Crippen LogP contribution is 2.29. The normalized spacial score (nSPS) is 11.9. The SMILES string of the molecule is CCCCNC(=O)[C@@H](Cc1ccccc1)N(Cc1cccc(OC)c1)C(=O)CN(c1cccc(C)c1C)S(=O)(=O)c1ccc(C)cc1. The third-order valence-electron chi connectivity index (χ3n) is 8.32. The number of methoxy groups -OCH3 is 1. The lowest BCUT2D eigenvalue weighted by Crippen LogP contribution is -2.53. The summed E-state index contributed by atoms with van der Waals surface area (Å²) in [5.41, 5.74) is 4.59. The molecule has 0 aliphatic carbocycles. The molecular weight excluding hydrogens is 611 g/mol. The highest BCUT2D eigenvalue weighted by Gasteiger charge is 2.35. The van der Waals surface area contributed by atoms with Gasteiger partial charge in [0.25, 0.3) is 10.0 Å². The number of aryl methyl sites for hydroxylation is 2. The molecule has 0 aliphatic rings. The molecule has 4 rings (SSSR count). The number of nitrogens with zero attached hydrogens (tertiary/aromatic N) is 2. The van der Waals surface area contributed by atoms with E-state index in [0.29, 0.717) is 18.0 Å². The number of benzene rings is 4. The Kier molecular flexibility index (Phi) is 12.2. The van der Waals surface area contributed by atoms with Crippen molar-refractivity contribution in [3.63, 3.8) is 0 Å². The van der Waals surface area contributed by atoms with Gasteiger partial charge in [-0.2, -0.15) is 0 Å². The van der Waals surface area contributed by atoms with Crippen LogP contribution in [0.1, 0.15) is 47.6 Å². The molecule has 0 aromatic heterocycles. The zero-order valence-electron chi connectivity index (χ0n) is 27.9. The van der Waals surface area contributed by atoms with Gasteiger partial charge in [-0.3, -0.25) is 13.9 Å². The molecular formula is C38H45N3O5S. The van der Waals surface area contributed by atoms with E-state index in [4.69, 9.17) is 4.74 Å². The van der Waals surface area contributed by atoms with Crippen molar-refractivity contribution in [1.82, 2.24) is 10.2 Å². The summed E-state index contributed by atoms with van der Waals surface area (Å²) in [7, 11) is -2.61. The second-order valence-corrected chi connectivity index (χ2v) is 13.6. The first-order valence-electron chi connectivity index (χ1n) is 15.9. The molecule has 0 unspecified atom stereocenters. The molecule has 0 radical (unpaired) electrons. The predicted octanol–water partition coefficient (Wildman–Crippen LogP) is 6.37. The molecule has 1 atom stereocenters. The molecule has 0 heterocycles. The third-order valence-corrected chi connectivity index (χ3v) is 10.1. The average molecular weight is 656 g/mol. The summed E-state index contributed by atoms with van der Waals surface area (Å²) in [5, 5.41) is 3.02. The number of rotatable bonds is 15. The molecule has 248 valence electrons. The van der Waals surface area contributed by atoms with Crippen LogP contribution in [-0.2, 0) is 32.6 Å². The van der Waals surface area contributed by atoms with Gasteiger partial charge in [0.2, 0.25) is 11.8 Å². The lowest BCUT2D eigenvalue weighted by atomic mass is 10.0. The third kappa shape index (κ3) is 9.01. The minimum atomic E-state index is -4.18. The molecule has 0 bridgehead atoms. The van der Waals surface area contributed by atoms with Gasteiger partial charge in [-0.15, -0.1) is 0 Å². The van der Waals surface area contributed by atoms with Gasteiger partial charge in [0.15, 0.2) is 0 Å². The summed E-state index contributed by atoms with van der Waals surface area (Å²) in [4.78, 5) is 30.2. The fraction of sp³-hybridized carbons (Fsp3) is 0.316. The van der Waals surface area contributed by atoms with E-state index in [1.165, 1.54) is 9.21 Å². The van der Waals surface area contributed by atoms with Gasteiger partial charge < -0.3 is 15.0 Å². The Balaban J connectivity index is 1.83. The first-order valence-corrected chi connectivity index (χ1v) is 17.4. The Hall–Kier alpha value is -4.63. The monoisotopic (exact) mass is 655 g/mol. The smallest absolute Gasteiger partial charge is 0.264 e. The summed E-state index contributed by atoms with van der Waals surface area (Å²) < 4.78 is 35.3. The number of hydrogen-bond donors (Lipinski definition) is 1. The molecule has 4 aromatic rings. The van der Waals surface area contributed by atoms with Gasteiger partial charge in [0.05, 0.1) is 17.7 Å². The predicted molar refractivity (Wildman–Crippen MR) is 187 cm³/mol. The fourth-order valence-corrected chi connectivity index (χ4v) is 6.86. The number of sulfonamides is 1. The van der Waals surface area contributed by atoms with E-state index in [1.807, 2.05) is 88.4 Å². The van der Waals surface area contributed by atoms with Crippen molar-refractivity contribution in [2.75, 3.05) is 24.5 Å². The van der Waals surface area contributed by atoms with Gasteiger partial charge in [-0.05, 0) is 79.8 Å². The first kappa shape index (κ1) is 35.2. The minimum Gasteiger partial charge on any atom is -0.497 e. The van der Waals surface area contributed by atoms with Crippen molar-refractivity contribution in [2.24, 2.45) is 0 Å². The van der Waals surface area contributed by atoms with E-state index in [-0.39, 0.29) is 23.8 Å². The molecule has 0 saturated heterocycles. The van der Waals surface area contributed by atoms with E-state index in [9.17, 15) is 18.0 Å². The molecule has 1 N–H and O–H groups in total. The van der Waals surface area contributed by atoms with Crippen LogP contribution in [0, 0.1) is 20.8 Å². The maximum atomic E-state index is 14.7. The Morgan fingerprint density at radius 3 is 2.21 bits per heavy atom. The number of amides is 2. The highest BCUT2D eigenvalue weighted by atomic mass is 32.2. The number of anilines is 1. The molecule has 0 spiro atoms. The van der Waals surface area contributed by atoms with Crippen molar-refractivity contribution in [3.05, 3.63) is 125 Å². The van der Waals surface area contributed by atoms with Crippen LogP contribution in [0.5, 0.6) is 5.75 Å². The Morgan fingerprint density at radius 1 is 0.851 bits per heavy atom. The highest BCUT2D eigenvalue weighted by molar-refractivity contribution is 7.92. The number of carbonyl (C=O) groups excluding carboxylic acids is 2. The molecule has 0 fully saturated rings. The minimum absolute atomic E-state index is 0.0694.